The standard InChI is InChI=1S/C18H39N.H3O4P/c1-5-7-9-10-11-12-13-14-15-17-18(19(3)4)16-8-6-2;1-5(2,3)4/h18H,5-17H2,1-4H3;(H3,1,2,3,4). The van der Waals surface area contributed by atoms with Crippen LogP contribution >= 0.6 is 7.82 Å². The van der Waals surface area contributed by atoms with Crippen LogP contribution in [0.2, 0.25) is 0 Å². The number of hydrogen-bond donors (Lipinski definition) is 3. The summed E-state index contributed by atoms with van der Waals surface area (Å²) in [6, 6.07) is 0.824. The van der Waals surface area contributed by atoms with Crippen LogP contribution in [-0.2, 0) is 4.57 Å². The highest BCUT2D eigenvalue weighted by molar-refractivity contribution is 7.45. The Bertz CT molecular complexity index is 286. The van der Waals surface area contributed by atoms with Crippen molar-refractivity contribution in [3.63, 3.8) is 0 Å². The first-order valence-corrected chi connectivity index (χ1v) is 11.2. The van der Waals surface area contributed by atoms with Crippen molar-refractivity contribution in [1.82, 2.24) is 4.90 Å². The maximum absolute atomic E-state index is 8.88. The van der Waals surface area contributed by atoms with Gasteiger partial charge in [0.25, 0.3) is 0 Å². The molecule has 24 heavy (non-hydrogen) atoms. The third kappa shape index (κ3) is 26.9. The lowest BCUT2D eigenvalue weighted by Gasteiger charge is -2.24. The van der Waals surface area contributed by atoms with Gasteiger partial charge in [-0.25, -0.2) is 4.57 Å². The normalized spacial score (nSPS) is 12.8. The van der Waals surface area contributed by atoms with Crippen molar-refractivity contribution in [3.8, 4) is 0 Å². The van der Waals surface area contributed by atoms with Gasteiger partial charge in [0.05, 0.1) is 0 Å². The molecule has 0 amide bonds. The lowest BCUT2D eigenvalue weighted by molar-refractivity contribution is 0.253. The molecule has 0 saturated carbocycles. The molecule has 0 spiro atoms. The Balaban J connectivity index is 0. The summed E-state index contributed by atoms with van der Waals surface area (Å²) < 4.78 is 8.88. The summed E-state index contributed by atoms with van der Waals surface area (Å²) in [5.41, 5.74) is 0. The Labute approximate surface area is 150 Å². The number of unbranched alkanes of at least 4 members (excludes halogenated alkanes) is 9. The van der Waals surface area contributed by atoms with Crippen LogP contribution in [0.1, 0.15) is 97.3 Å². The maximum Gasteiger partial charge on any atom is 0.466 e. The van der Waals surface area contributed by atoms with Gasteiger partial charge in [0.15, 0.2) is 0 Å². The van der Waals surface area contributed by atoms with E-state index in [2.05, 4.69) is 32.8 Å². The van der Waals surface area contributed by atoms with E-state index in [9.17, 15) is 0 Å². The topological polar surface area (TPSA) is 81.0 Å². The first-order valence-electron chi connectivity index (χ1n) is 9.67. The SMILES string of the molecule is CCCCCCCCCCCC(CCCC)N(C)C.O=P(O)(O)O. The van der Waals surface area contributed by atoms with Gasteiger partial charge < -0.3 is 19.6 Å². The van der Waals surface area contributed by atoms with Gasteiger partial charge in [-0.15, -0.1) is 0 Å². The molecule has 0 heterocycles. The lowest BCUT2D eigenvalue weighted by atomic mass is 10.0. The van der Waals surface area contributed by atoms with E-state index in [1.165, 1.54) is 83.5 Å². The van der Waals surface area contributed by atoms with Gasteiger partial charge in [0.1, 0.15) is 0 Å². The number of rotatable bonds is 14. The Morgan fingerprint density at radius 1 is 0.708 bits per heavy atom. The summed E-state index contributed by atoms with van der Waals surface area (Å²) in [5.74, 6) is 0. The minimum atomic E-state index is -4.64. The second-order valence-corrected chi connectivity index (χ2v) is 7.92. The van der Waals surface area contributed by atoms with E-state index in [0.29, 0.717) is 0 Å². The van der Waals surface area contributed by atoms with Gasteiger partial charge >= 0.3 is 7.82 Å². The molecule has 6 heteroatoms. The molecule has 148 valence electrons. The molecule has 0 rings (SSSR count). The van der Waals surface area contributed by atoms with Gasteiger partial charge in [-0.3, -0.25) is 0 Å². The Morgan fingerprint density at radius 3 is 1.42 bits per heavy atom. The molecule has 1 atom stereocenters. The molecule has 0 aliphatic heterocycles. The molecule has 0 fully saturated rings. The van der Waals surface area contributed by atoms with Gasteiger partial charge in [-0.2, -0.15) is 0 Å². The third-order valence-electron chi connectivity index (χ3n) is 4.26. The molecule has 0 aromatic rings. The number of nitrogens with zero attached hydrogens (tertiary/aromatic N) is 1. The minimum Gasteiger partial charge on any atom is -0.306 e. The summed E-state index contributed by atoms with van der Waals surface area (Å²) in [5, 5.41) is 0. The lowest BCUT2D eigenvalue weighted by Crippen LogP contribution is -2.27. The molecule has 5 nitrogen and oxygen atoms in total. The summed E-state index contributed by atoms with van der Waals surface area (Å²) in [4.78, 5) is 24.0. The molecule has 0 aromatic heterocycles. The zero-order valence-corrected chi connectivity index (χ0v) is 17.3. The van der Waals surface area contributed by atoms with Gasteiger partial charge in [-0.05, 0) is 26.9 Å². The van der Waals surface area contributed by atoms with Crippen LogP contribution < -0.4 is 0 Å². The third-order valence-corrected chi connectivity index (χ3v) is 4.26. The maximum atomic E-state index is 8.88. The predicted molar refractivity (Wildman–Crippen MR) is 103 cm³/mol. The van der Waals surface area contributed by atoms with E-state index in [1.54, 1.807) is 0 Å². The van der Waals surface area contributed by atoms with Gasteiger partial charge in [-0.1, -0.05) is 84.5 Å². The fourth-order valence-corrected chi connectivity index (χ4v) is 2.79. The van der Waals surface area contributed by atoms with Gasteiger partial charge in [0, 0.05) is 6.04 Å². The first kappa shape index (κ1) is 26.3. The van der Waals surface area contributed by atoms with Crippen molar-refractivity contribution in [2.24, 2.45) is 0 Å². The van der Waals surface area contributed by atoms with E-state index in [1.807, 2.05) is 0 Å². The highest BCUT2D eigenvalue weighted by atomic mass is 31.2. The van der Waals surface area contributed by atoms with E-state index >= 15 is 0 Å². The van der Waals surface area contributed by atoms with Crippen molar-refractivity contribution in [1.29, 1.82) is 0 Å². The summed E-state index contributed by atoms with van der Waals surface area (Å²) in [6.45, 7) is 4.59. The molecule has 0 aliphatic rings. The second kappa shape index (κ2) is 17.9. The molecule has 0 bridgehead atoms. The average Bonchev–Trinajstić information content (AvgIpc) is 2.46. The average molecular weight is 368 g/mol. The minimum absolute atomic E-state index is 0.824. The molecule has 0 saturated heterocycles. The van der Waals surface area contributed by atoms with Crippen molar-refractivity contribution in [2.75, 3.05) is 14.1 Å². The quantitative estimate of drug-likeness (QED) is 0.294. The molecule has 1 unspecified atom stereocenters. The van der Waals surface area contributed by atoms with Gasteiger partial charge in [0.2, 0.25) is 0 Å². The molecule has 0 aromatic carbocycles. The summed E-state index contributed by atoms with van der Waals surface area (Å²) in [7, 11) is -0.151. The monoisotopic (exact) mass is 367 g/mol. The molecule has 3 N–H and O–H groups in total. The molecular weight excluding hydrogens is 325 g/mol. The Hall–Kier alpha value is 0.0700. The van der Waals surface area contributed by atoms with Crippen molar-refractivity contribution in [2.45, 2.75) is 103 Å². The molecule has 0 radical (unpaired) electrons. The highest BCUT2D eigenvalue weighted by Crippen LogP contribution is 2.25. The number of phosphoric acid groups is 1. The van der Waals surface area contributed by atoms with Crippen LogP contribution in [-0.4, -0.2) is 39.7 Å². The van der Waals surface area contributed by atoms with Crippen molar-refractivity contribution in [3.05, 3.63) is 0 Å². The van der Waals surface area contributed by atoms with Crippen LogP contribution in [0.5, 0.6) is 0 Å². The van der Waals surface area contributed by atoms with Crippen LogP contribution in [0.4, 0.5) is 0 Å². The largest absolute Gasteiger partial charge is 0.466 e. The summed E-state index contributed by atoms with van der Waals surface area (Å²) >= 11 is 0. The smallest absolute Gasteiger partial charge is 0.306 e. The highest BCUT2D eigenvalue weighted by Gasteiger charge is 2.09. The van der Waals surface area contributed by atoms with Crippen LogP contribution in [0.25, 0.3) is 0 Å². The zero-order valence-electron chi connectivity index (χ0n) is 16.4. The van der Waals surface area contributed by atoms with E-state index in [-0.39, 0.29) is 0 Å². The zero-order chi connectivity index (χ0) is 18.8. The fraction of sp³-hybridized carbons (Fsp3) is 1.00. The van der Waals surface area contributed by atoms with Crippen LogP contribution in [0.15, 0.2) is 0 Å². The number of hydrogen-bond acceptors (Lipinski definition) is 2. The predicted octanol–water partition coefficient (Wildman–Crippen LogP) is 5.10. The Kier molecular flexibility index (Phi) is 19.6. The van der Waals surface area contributed by atoms with Crippen molar-refractivity contribution >= 4 is 7.82 Å². The van der Waals surface area contributed by atoms with Crippen molar-refractivity contribution < 1.29 is 19.2 Å². The molecule has 0 aliphatic carbocycles. The second-order valence-electron chi connectivity index (χ2n) is 6.89. The first-order chi connectivity index (χ1) is 11.2. The molecular formula is C18H42NO4P. The Morgan fingerprint density at radius 2 is 1.04 bits per heavy atom. The van der Waals surface area contributed by atoms with E-state index in [4.69, 9.17) is 19.2 Å². The van der Waals surface area contributed by atoms with Crippen LogP contribution in [0.3, 0.4) is 0 Å². The van der Waals surface area contributed by atoms with E-state index in [0.717, 1.165) is 6.04 Å². The van der Waals surface area contributed by atoms with E-state index < -0.39 is 7.82 Å². The fourth-order valence-electron chi connectivity index (χ4n) is 2.79. The van der Waals surface area contributed by atoms with Crippen LogP contribution in [0, 0.1) is 0 Å². The summed E-state index contributed by atoms with van der Waals surface area (Å²) in [6.07, 6.45) is 18.5.